The van der Waals surface area contributed by atoms with Gasteiger partial charge >= 0.3 is 0 Å². The predicted octanol–water partition coefficient (Wildman–Crippen LogP) is 4.63. The Hall–Kier alpha value is -3.14. The van der Waals surface area contributed by atoms with Crippen molar-refractivity contribution in [3.63, 3.8) is 0 Å². The van der Waals surface area contributed by atoms with Crippen LogP contribution in [0.4, 0.5) is 5.69 Å². The molecular weight excluding hydrogens is 312 g/mol. The van der Waals surface area contributed by atoms with E-state index in [2.05, 4.69) is 10.3 Å². The molecule has 126 valence electrons. The number of benzene rings is 2. The van der Waals surface area contributed by atoms with Crippen molar-refractivity contribution >= 4 is 11.6 Å². The molecule has 4 nitrogen and oxygen atoms in total. The van der Waals surface area contributed by atoms with E-state index >= 15 is 0 Å². The number of amides is 1. The van der Waals surface area contributed by atoms with E-state index in [1.165, 1.54) is 0 Å². The Morgan fingerprint density at radius 2 is 1.88 bits per heavy atom. The molecule has 0 radical (unpaired) electrons. The topological polar surface area (TPSA) is 51.2 Å². The summed E-state index contributed by atoms with van der Waals surface area (Å²) in [6.07, 6.45) is 1.75. The molecule has 0 unspecified atom stereocenters. The Morgan fingerprint density at radius 3 is 2.60 bits per heavy atom. The lowest BCUT2D eigenvalue weighted by Gasteiger charge is -2.14. The summed E-state index contributed by atoms with van der Waals surface area (Å²) in [5.74, 6) is 0.469. The zero-order valence-electron chi connectivity index (χ0n) is 14.5. The van der Waals surface area contributed by atoms with Crippen molar-refractivity contribution in [2.24, 2.45) is 0 Å². The van der Waals surface area contributed by atoms with Crippen LogP contribution in [0.15, 0.2) is 60.8 Å². The van der Waals surface area contributed by atoms with E-state index in [-0.39, 0.29) is 5.91 Å². The molecule has 0 saturated heterocycles. The lowest BCUT2D eigenvalue weighted by molar-refractivity contribution is 0.102. The Bertz CT molecular complexity index is 905. The highest BCUT2D eigenvalue weighted by molar-refractivity contribution is 6.07. The maximum absolute atomic E-state index is 12.8. The van der Waals surface area contributed by atoms with Gasteiger partial charge in [-0.1, -0.05) is 24.3 Å². The molecule has 0 spiro atoms. The lowest BCUT2D eigenvalue weighted by atomic mass is 9.99. The zero-order chi connectivity index (χ0) is 17.8. The van der Waals surface area contributed by atoms with Gasteiger partial charge in [0.1, 0.15) is 5.75 Å². The minimum atomic E-state index is -0.167. The molecule has 3 aromatic rings. The van der Waals surface area contributed by atoms with Crippen molar-refractivity contribution in [1.82, 2.24) is 4.98 Å². The van der Waals surface area contributed by atoms with E-state index in [0.29, 0.717) is 17.0 Å². The Labute approximate surface area is 147 Å². The van der Waals surface area contributed by atoms with Crippen LogP contribution < -0.4 is 10.1 Å². The fraction of sp³-hybridized carbons (Fsp3) is 0.143. The van der Waals surface area contributed by atoms with Gasteiger partial charge in [-0.05, 0) is 55.3 Å². The number of pyridine rings is 1. The Morgan fingerprint density at radius 1 is 1.04 bits per heavy atom. The third-order valence-electron chi connectivity index (χ3n) is 4.12. The van der Waals surface area contributed by atoms with Gasteiger partial charge in [-0.15, -0.1) is 0 Å². The van der Waals surface area contributed by atoms with Crippen molar-refractivity contribution in [1.29, 1.82) is 0 Å². The monoisotopic (exact) mass is 332 g/mol. The molecule has 1 aromatic heterocycles. The molecule has 0 aliphatic rings. The summed E-state index contributed by atoms with van der Waals surface area (Å²) < 4.78 is 5.34. The standard InChI is InChI=1S/C21H20N2O2/c1-14-10-11-20(25-3)19(13-14)23-21(24)17-8-6-7-16(15(17)2)18-9-4-5-12-22-18/h4-13H,1-3H3,(H,23,24). The van der Waals surface area contributed by atoms with Crippen molar-refractivity contribution in [2.75, 3.05) is 12.4 Å². The fourth-order valence-corrected chi connectivity index (χ4v) is 2.79. The lowest BCUT2D eigenvalue weighted by Crippen LogP contribution is -2.14. The first-order chi connectivity index (χ1) is 12.1. The number of carbonyl (C=O) groups excluding carboxylic acids is 1. The molecule has 0 saturated carbocycles. The first-order valence-corrected chi connectivity index (χ1v) is 8.07. The number of carbonyl (C=O) groups is 1. The van der Waals surface area contributed by atoms with Crippen molar-refractivity contribution in [3.8, 4) is 17.0 Å². The van der Waals surface area contributed by atoms with E-state index in [1.54, 1.807) is 13.3 Å². The van der Waals surface area contributed by atoms with Gasteiger partial charge < -0.3 is 10.1 Å². The number of nitrogens with zero attached hydrogens (tertiary/aromatic N) is 1. The number of aryl methyl sites for hydroxylation is 1. The fourth-order valence-electron chi connectivity index (χ4n) is 2.79. The first-order valence-electron chi connectivity index (χ1n) is 8.07. The van der Waals surface area contributed by atoms with Gasteiger partial charge in [0, 0.05) is 17.3 Å². The van der Waals surface area contributed by atoms with E-state index in [0.717, 1.165) is 22.4 Å². The van der Waals surface area contributed by atoms with Gasteiger partial charge in [0.2, 0.25) is 0 Å². The highest BCUT2D eigenvalue weighted by Gasteiger charge is 2.15. The van der Waals surface area contributed by atoms with Gasteiger partial charge in [-0.2, -0.15) is 0 Å². The van der Waals surface area contributed by atoms with Gasteiger partial charge in [0.25, 0.3) is 5.91 Å². The third-order valence-corrected chi connectivity index (χ3v) is 4.12. The normalized spacial score (nSPS) is 10.4. The number of aromatic nitrogens is 1. The average Bonchev–Trinajstić information content (AvgIpc) is 2.63. The summed E-state index contributed by atoms with van der Waals surface area (Å²) in [5.41, 5.74) is 5.02. The maximum Gasteiger partial charge on any atom is 0.256 e. The van der Waals surface area contributed by atoms with Crippen LogP contribution in [0.5, 0.6) is 5.75 Å². The van der Waals surface area contributed by atoms with Crippen LogP contribution in [0.1, 0.15) is 21.5 Å². The molecule has 0 atom stereocenters. The molecule has 1 heterocycles. The highest BCUT2D eigenvalue weighted by Crippen LogP contribution is 2.28. The van der Waals surface area contributed by atoms with E-state index < -0.39 is 0 Å². The number of anilines is 1. The van der Waals surface area contributed by atoms with Gasteiger partial charge in [0.15, 0.2) is 0 Å². The second kappa shape index (κ2) is 7.18. The highest BCUT2D eigenvalue weighted by atomic mass is 16.5. The summed E-state index contributed by atoms with van der Waals surface area (Å²) in [5, 5.41) is 2.95. The molecule has 2 aromatic carbocycles. The van der Waals surface area contributed by atoms with Gasteiger partial charge in [-0.3, -0.25) is 9.78 Å². The second-order valence-corrected chi connectivity index (χ2v) is 5.85. The number of nitrogens with one attached hydrogen (secondary N) is 1. The minimum absolute atomic E-state index is 0.167. The molecular formula is C21H20N2O2. The molecule has 1 amide bonds. The van der Waals surface area contributed by atoms with Gasteiger partial charge in [0.05, 0.1) is 18.5 Å². The summed E-state index contributed by atoms with van der Waals surface area (Å²) in [4.78, 5) is 17.2. The molecule has 0 aliphatic carbocycles. The number of hydrogen-bond donors (Lipinski definition) is 1. The van der Waals surface area contributed by atoms with Crippen LogP contribution in [-0.2, 0) is 0 Å². The molecule has 0 bridgehead atoms. The van der Waals surface area contributed by atoms with Crippen molar-refractivity contribution < 1.29 is 9.53 Å². The second-order valence-electron chi connectivity index (χ2n) is 5.85. The number of ether oxygens (including phenoxy) is 1. The maximum atomic E-state index is 12.8. The zero-order valence-corrected chi connectivity index (χ0v) is 14.5. The summed E-state index contributed by atoms with van der Waals surface area (Å²) in [6, 6.07) is 17.1. The van der Waals surface area contributed by atoms with Crippen LogP contribution in [0.25, 0.3) is 11.3 Å². The third kappa shape index (κ3) is 3.53. The summed E-state index contributed by atoms with van der Waals surface area (Å²) >= 11 is 0. The van der Waals surface area contributed by atoms with Gasteiger partial charge in [-0.25, -0.2) is 0 Å². The first kappa shape index (κ1) is 16.7. The van der Waals surface area contributed by atoms with Crippen molar-refractivity contribution in [3.05, 3.63) is 77.5 Å². The molecule has 1 N–H and O–H groups in total. The number of hydrogen-bond acceptors (Lipinski definition) is 3. The number of methoxy groups -OCH3 is 1. The quantitative estimate of drug-likeness (QED) is 0.758. The minimum Gasteiger partial charge on any atom is -0.495 e. The van der Waals surface area contributed by atoms with Crippen LogP contribution in [0, 0.1) is 13.8 Å². The molecule has 0 aliphatic heterocycles. The van der Waals surface area contributed by atoms with Crippen LogP contribution in [0.3, 0.4) is 0 Å². The summed E-state index contributed by atoms with van der Waals surface area (Å²) in [6.45, 7) is 3.91. The number of rotatable bonds is 4. The summed E-state index contributed by atoms with van der Waals surface area (Å²) in [7, 11) is 1.59. The van der Waals surface area contributed by atoms with E-state index in [9.17, 15) is 4.79 Å². The van der Waals surface area contributed by atoms with E-state index in [4.69, 9.17) is 4.74 Å². The molecule has 4 heteroatoms. The largest absolute Gasteiger partial charge is 0.495 e. The van der Waals surface area contributed by atoms with Crippen molar-refractivity contribution in [2.45, 2.75) is 13.8 Å². The average molecular weight is 332 g/mol. The Kier molecular flexibility index (Phi) is 4.80. The Balaban J connectivity index is 1.95. The SMILES string of the molecule is COc1ccc(C)cc1NC(=O)c1cccc(-c2ccccn2)c1C. The smallest absolute Gasteiger partial charge is 0.256 e. The molecule has 3 rings (SSSR count). The predicted molar refractivity (Wildman–Crippen MR) is 100 cm³/mol. The molecule has 0 fully saturated rings. The van der Waals surface area contributed by atoms with Crippen LogP contribution >= 0.6 is 0 Å². The molecule has 25 heavy (non-hydrogen) atoms. The van der Waals surface area contributed by atoms with Crippen LogP contribution in [0.2, 0.25) is 0 Å². The van der Waals surface area contributed by atoms with Crippen LogP contribution in [-0.4, -0.2) is 18.0 Å². The van der Waals surface area contributed by atoms with E-state index in [1.807, 2.05) is 68.4 Å².